The smallest absolute Gasteiger partial charge is 0.259 e. The molecule has 0 radical (unpaired) electrons. The molecule has 4 nitrogen and oxygen atoms in total. The summed E-state index contributed by atoms with van der Waals surface area (Å²) in [6.07, 6.45) is 1.24. The standard InChI is InChI=1S/C18H14N2O2/c19-17(21)18(15-10-3-4-11-20-15)16(22-18)14-9-5-7-12-6-1-2-8-13(12)14/h1-11,16H,(H2,19,21)/t16-,18+/m1/s1. The molecule has 4 heteroatoms. The van der Waals surface area contributed by atoms with E-state index in [0.717, 1.165) is 16.3 Å². The van der Waals surface area contributed by atoms with E-state index in [2.05, 4.69) is 4.98 Å². The minimum Gasteiger partial charge on any atom is -0.367 e. The van der Waals surface area contributed by atoms with Crippen LogP contribution in [0.3, 0.4) is 0 Å². The van der Waals surface area contributed by atoms with E-state index in [9.17, 15) is 4.79 Å². The van der Waals surface area contributed by atoms with Gasteiger partial charge >= 0.3 is 0 Å². The number of amides is 1. The Morgan fingerprint density at radius 3 is 2.59 bits per heavy atom. The number of benzene rings is 2. The third-order valence-corrected chi connectivity index (χ3v) is 4.13. The number of carbonyl (C=O) groups excluding carboxylic acids is 1. The predicted molar refractivity (Wildman–Crippen MR) is 82.9 cm³/mol. The van der Waals surface area contributed by atoms with Crippen LogP contribution in [0.5, 0.6) is 0 Å². The van der Waals surface area contributed by atoms with Crippen molar-refractivity contribution in [2.24, 2.45) is 5.73 Å². The second-order valence-electron chi connectivity index (χ2n) is 5.38. The van der Waals surface area contributed by atoms with Crippen LogP contribution in [0.15, 0.2) is 66.9 Å². The van der Waals surface area contributed by atoms with Crippen molar-refractivity contribution in [1.82, 2.24) is 4.98 Å². The number of fused-ring (bicyclic) bond motifs is 1. The van der Waals surface area contributed by atoms with Crippen LogP contribution in [-0.4, -0.2) is 10.9 Å². The predicted octanol–water partition coefficient (Wildman–Crippen LogP) is 2.69. The summed E-state index contributed by atoms with van der Waals surface area (Å²) in [7, 11) is 0. The molecule has 2 aromatic carbocycles. The Morgan fingerprint density at radius 1 is 1.05 bits per heavy atom. The quantitative estimate of drug-likeness (QED) is 0.754. The zero-order valence-corrected chi connectivity index (χ0v) is 11.8. The van der Waals surface area contributed by atoms with Gasteiger partial charge in [-0.2, -0.15) is 0 Å². The average molecular weight is 290 g/mol. The van der Waals surface area contributed by atoms with Crippen molar-refractivity contribution in [3.63, 3.8) is 0 Å². The molecule has 0 unspecified atom stereocenters. The first kappa shape index (κ1) is 13.0. The summed E-state index contributed by atoms with van der Waals surface area (Å²) in [6.45, 7) is 0. The Kier molecular flexibility index (Phi) is 2.74. The molecule has 0 bridgehead atoms. The second kappa shape index (κ2) is 4.64. The number of nitrogens with two attached hydrogens (primary N) is 1. The SMILES string of the molecule is NC(=O)[C@@]1(c2ccccn2)O[C@@H]1c1cccc2ccccc12. The van der Waals surface area contributed by atoms with Crippen molar-refractivity contribution in [1.29, 1.82) is 0 Å². The lowest BCUT2D eigenvalue weighted by Crippen LogP contribution is -2.31. The van der Waals surface area contributed by atoms with Crippen LogP contribution >= 0.6 is 0 Å². The maximum Gasteiger partial charge on any atom is 0.259 e. The van der Waals surface area contributed by atoms with Gasteiger partial charge in [0.25, 0.3) is 5.91 Å². The van der Waals surface area contributed by atoms with Gasteiger partial charge < -0.3 is 10.5 Å². The van der Waals surface area contributed by atoms with Crippen LogP contribution in [0.1, 0.15) is 17.4 Å². The number of hydrogen-bond donors (Lipinski definition) is 1. The van der Waals surface area contributed by atoms with E-state index in [4.69, 9.17) is 10.5 Å². The first-order valence-electron chi connectivity index (χ1n) is 7.10. The monoisotopic (exact) mass is 290 g/mol. The summed E-state index contributed by atoms with van der Waals surface area (Å²) >= 11 is 0. The molecule has 3 aromatic rings. The normalized spacial score (nSPS) is 23.4. The molecule has 1 fully saturated rings. The highest BCUT2D eigenvalue weighted by molar-refractivity contribution is 5.92. The van der Waals surface area contributed by atoms with Crippen LogP contribution in [-0.2, 0) is 15.1 Å². The maximum absolute atomic E-state index is 12.1. The molecule has 1 aliphatic heterocycles. The lowest BCUT2D eigenvalue weighted by atomic mass is 9.92. The third kappa shape index (κ3) is 1.74. The van der Waals surface area contributed by atoms with Gasteiger partial charge in [0, 0.05) is 6.20 Å². The molecule has 1 aliphatic rings. The van der Waals surface area contributed by atoms with Crippen LogP contribution < -0.4 is 5.73 Å². The van der Waals surface area contributed by atoms with Crippen molar-refractivity contribution >= 4 is 16.7 Å². The van der Waals surface area contributed by atoms with E-state index in [1.165, 1.54) is 0 Å². The van der Waals surface area contributed by atoms with E-state index in [0.29, 0.717) is 5.69 Å². The van der Waals surface area contributed by atoms with Crippen LogP contribution in [0.25, 0.3) is 10.8 Å². The van der Waals surface area contributed by atoms with E-state index in [1.807, 2.05) is 48.5 Å². The molecule has 1 amide bonds. The molecule has 108 valence electrons. The van der Waals surface area contributed by atoms with Gasteiger partial charge in [-0.05, 0) is 28.5 Å². The van der Waals surface area contributed by atoms with Gasteiger partial charge in [0.1, 0.15) is 6.10 Å². The average Bonchev–Trinajstić information content (AvgIpc) is 3.32. The molecule has 1 aromatic heterocycles. The van der Waals surface area contributed by atoms with Crippen LogP contribution in [0.2, 0.25) is 0 Å². The van der Waals surface area contributed by atoms with Gasteiger partial charge in [-0.1, -0.05) is 48.5 Å². The molecule has 2 heterocycles. The van der Waals surface area contributed by atoms with E-state index < -0.39 is 17.6 Å². The summed E-state index contributed by atoms with van der Waals surface area (Å²) in [4.78, 5) is 16.3. The summed E-state index contributed by atoms with van der Waals surface area (Å²) in [5.41, 5.74) is 5.99. The Bertz CT molecular complexity index is 858. The van der Waals surface area contributed by atoms with Gasteiger partial charge in [-0.25, -0.2) is 0 Å². The van der Waals surface area contributed by atoms with Crippen molar-refractivity contribution in [2.75, 3.05) is 0 Å². The number of nitrogens with zero attached hydrogens (tertiary/aromatic N) is 1. The van der Waals surface area contributed by atoms with E-state index in [-0.39, 0.29) is 0 Å². The van der Waals surface area contributed by atoms with Gasteiger partial charge in [0.15, 0.2) is 0 Å². The molecule has 4 rings (SSSR count). The molecule has 0 saturated carbocycles. The highest BCUT2D eigenvalue weighted by atomic mass is 16.6. The van der Waals surface area contributed by atoms with Gasteiger partial charge in [-0.3, -0.25) is 9.78 Å². The van der Waals surface area contributed by atoms with Crippen LogP contribution in [0, 0.1) is 0 Å². The van der Waals surface area contributed by atoms with E-state index in [1.54, 1.807) is 18.3 Å². The second-order valence-corrected chi connectivity index (χ2v) is 5.38. The number of carbonyl (C=O) groups is 1. The largest absolute Gasteiger partial charge is 0.367 e. The number of hydrogen-bond acceptors (Lipinski definition) is 3. The summed E-state index contributed by atoms with van der Waals surface area (Å²) < 4.78 is 5.81. The molecule has 2 atom stereocenters. The zero-order chi connectivity index (χ0) is 15.2. The number of primary amides is 1. The number of rotatable bonds is 3. The number of epoxide rings is 1. The Balaban J connectivity index is 1.86. The Morgan fingerprint density at radius 2 is 1.82 bits per heavy atom. The topological polar surface area (TPSA) is 68.5 Å². The number of ether oxygens (including phenoxy) is 1. The summed E-state index contributed by atoms with van der Waals surface area (Å²) in [5, 5.41) is 2.17. The minimum absolute atomic E-state index is 0.397. The lowest BCUT2D eigenvalue weighted by Gasteiger charge is -2.09. The van der Waals surface area contributed by atoms with Gasteiger partial charge in [0.2, 0.25) is 5.60 Å². The Labute approximate surface area is 127 Å². The first-order chi connectivity index (χ1) is 10.7. The molecule has 22 heavy (non-hydrogen) atoms. The number of aromatic nitrogens is 1. The van der Waals surface area contributed by atoms with Gasteiger partial charge in [0.05, 0.1) is 5.69 Å². The zero-order valence-electron chi connectivity index (χ0n) is 11.8. The molecule has 0 aliphatic carbocycles. The first-order valence-corrected chi connectivity index (χ1v) is 7.10. The fourth-order valence-electron chi connectivity index (χ4n) is 3.00. The third-order valence-electron chi connectivity index (χ3n) is 4.13. The fourth-order valence-corrected chi connectivity index (χ4v) is 3.00. The van der Waals surface area contributed by atoms with Crippen molar-refractivity contribution in [3.8, 4) is 0 Å². The molecular formula is C18H14N2O2. The minimum atomic E-state index is -1.16. The highest BCUT2D eigenvalue weighted by Crippen LogP contribution is 2.57. The molecule has 2 N–H and O–H groups in total. The molecular weight excluding hydrogens is 276 g/mol. The van der Waals surface area contributed by atoms with Crippen molar-refractivity contribution in [3.05, 3.63) is 78.1 Å². The molecule has 0 spiro atoms. The molecule has 1 saturated heterocycles. The lowest BCUT2D eigenvalue weighted by molar-refractivity contribution is -0.123. The van der Waals surface area contributed by atoms with E-state index >= 15 is 0 Å². The fraction of sp³-hybridized carbons (Fsp3) is 0.111. The van der Waals surface area contributed by atoms with Gasteiger partial charge in [-0.15, -0.1) is 0 Å². The van der Waals surface area contributed by atoms with Crippen LogP contribution in [0.4, 0.5) is 0 Å². The van der Waals surface area contributed by atoms with Crippen molar-refractivity contribution in [2.45, 2.75) is 11.7 Å². The summed E-state index contributed by atoms with van der Waals surface area (Å²) in [5.74, 6) is -0.510. The number of pyridine rings is 1. The Hall–Kier alpha value is -2.72. The van der Waals surface area contributed by atoms with Crippen molar-refractivity contribution < 1.29 is 9.53 Å². The highest BCUT2D eigenvalue weighted by Gasteiger charge is 2.65. The summed E-state index contributed by atoms with van der Waals surface area (Å²) in [6, 6.07) is 19.4. The maximum atomic E-state index is 12.1.